The molecule has 0 unspecified atom stereocenters. The number of ether oxygens (including phenoxy) is 3. The van der Waals surface area contributed by atoms with Crippen LogP contribution in [0.1, 0.15) is 0 Å². The van der Waals surface area contributed by atoms with Crippen LogP contribution in [0.15, 0.2) is 0 Å². The van der Waals surface area contributed by atoms with Gasteiger partial charge in [0, 0.05) is 27.3 Å². The Hall–Kier alpha value is -1.18. The van der Waals surface area contributed by atoms with Gasteiger partial charge in [0.05, 0.1) is 20.3 Å². The third kappa shape index (κ3) is 4.59. The van der Waals surface area contributed by atoms with E-state index in [2.05, 4.69) is 15.0 Å². The average Bonchev–Trinajstić information content (AvgIpc) is 2.38. The minimum atomic E-state index is 0.0942. The van der Waals surface area contributed by atoms with Gasteiger partial charge in [0.15, 0.2) is 0 Å². The Kier molecular flexibility index (Phi) is 6.63. The van der Waals surface area contributed by atoms with Gasteiger partial charge in [-0.3, -0.25) is 0 Å². The summed E-state index contributed by atoms with van der Waals surface area (Å²) >= 11 is 5.81. The highest BCUT2D eigenvalue weighted by Crippen LogP contribution is 2.14. The van der Waals surface area contributed by atoms with E-state index in [9.17, 15) is 0 Å². The Balaban J connectivity index is 2.84. The molecule has 0 saturated carbocycles. The van der Waals surface area contributed by atoms with Crippen molar-refractivity contribution >= 4 is 17.5 Å². The third-order valence-electron chi connectivity index (χ3n) is 2.17. The van der Waals surface area contributed by atoms with E-state index in [0.717, 1.165) is 0 Å². The first kappa shape index (κ1) is 14.9. The highest BCUT2D eigenvalue weighted by atomic mass is 35.5. The minimum Gasteiger partial charge on any atom is -0.467 e. The van der Waals surface area contributed by atoms with E-state index in [0.29, 0.717) is 32.3 Å². The molecule has 0 aliphatic heterocycles. The van der Waals surface area contributed by atoms with Crippen LogP contribution in [0.4, 0.5) is 5.95 Å². The van der Waals surface area contributed by atoms with Crippen molar-refractivity contribution in [2.45, 2.75) is 0 Å². The predicted molar refractivity (Wildman–Crippen MR) is 67.4 cm³/mol. The van der Waals surface area contributed by atoms with Crippen molar-refractivity contribution in [2.75, 3.05) is 52.5 Å². The molecule has 102 valence electrons. The van der Waals surface area contributed by atoms with E-state index in [-0.39, 0.29) is 11.3 Å². The molecule has 0 fully saturated rings. The molecule has 18 heavy (non-hydrogen) atoms. The standard InChI is InChI=1S/C10H17ClN4O3/c1-16-6-4-15(5-7-17-2)9-12-8(11)13-10(14-9)18-3/h4-7H2,1-3H3. The molecule has 1 heterocycles. The molecule has 0 spiro atoms. The van der Waals surface area contributed by atoms with Gasteiger partial charge in [-0.05, 0) is 11.6 Å². The normalized spacial score (nSPS) is 10.4. The number of nitrogens with zero attached hydrogens (tertiary/aromatic N) is 4. The van der Waals surface area contributed by atoms with Gasteiger partial charge >= 0.3 is 6.01 Å². The highest BCUT2D eigenvalue weighted by Gasteiger charge is 2.13. The van der Waals surface area contributed by atoms with Crippen molar-refractivity contribution in [1.82, 2.24) is 15.0 Å². The smallest absolute Gasteiger partial charge is 0.322 e. The molecule has 0 radical (unpaired) electrons. The molecule has 0 atom stereocenters. The fraction of sp³-hybridized carbons (Fsp3) is 0.700. The van der Waals surface area contributed by atoms with Crippen LogP contribution in [0.25, 0.3) is 0 Å². The summed E-state index contributed by atoms with van der Waals surface area (Å²) in [4.78, 5) is 13.9. The van der Waals surface area contributed by atoms with E-state index in [1.165, 1.54) is 7.11 Å². The number of rotatable bonds is 8. The van der Waals surface area contributed by atoms with Crippen molar-refractivity contribution in [3.05, 3.63) is 5.28 Å². The van der Waals surface area contributed by atoms with Crippen molar-refractivity contribution in [1.29, 1.82) is 0 Å². The van der Waals surface area contributed by atoms with Gasteiger partial charge in [-0.2, -0.15) is 15.0 Å². The lowest BCUT2D eigenvalue weighted by Gasteiger charge is -2.21. The van der Waals surface area contributed by atoms with Crippen molar-refractivity contribution < 1.29 is 14.2 Å². The minimum absolute atomic E-state index is 0.0942. The molecule has 1 aromatic rings. The van der Waals surface area contributed by atoms with Crippen LogP contribution in [-0.2, 0) is 9.47 Å². The van der Waals surface area contributed by atoms with E-state index >= 15 is 0 Å². The zero-order valence-electron chi connectivity index (χ0n) is 10.7. The van der Waals surface area contributed by atoms with Crippen LogP contribution in [-0.4, -0.2) is 62.6 Å². The highest BCUT2D eigenvalue weighted by molar-refractivity contribution is 6.28. The molecule has 1 aromatic heterocycles. The van der Waals surface area contributed by atoms with Gasteiger partial charge in [-0.25, -0.2) is 0 Å². The quantitative estimate of drug-likeness (QED) is 0.690. The SMILES string of the molecule is COCCN(CCOC)c1nc(Cl)nc(OC)n1. The van der Waals surface area contributed by atoms with Gasteiger partial charge in [-0.15, -0.1) is 0 Å². The maximum absolute atomic E-state index is 5.81. The first-order valence-corrected chi connectivity index (χ1v) is 5.77. The molecule has 8 heteroatoms. The average molecular weight is 277 g/mol. The molecular weight excluding hydrogens is 260 g/mol. The number of methoxy groups -OCH3 is 3. The summed E-state index contributed by atoms with van der Waals surface area (Å²) in [5, 5.41) is 0.0942. The molecule has 7 nitrogen and oxygen atoms in total. The van der Waals surface area contributed by atoms with Gasteiger partial charge in [0.1, 0.15) is 0 Å². The first-order valence-electron chi connectivity index (χ1n) is 5.39. The van der Waals surface area contributed by atoms with E-state index < -0.39 is 0 Å². The summed E-state index contributed by atoms with van der Waals surface area (Å²) in [6, 6.07) is 0.185. The van der Waals surface area contributed by atoms with Gasteiger partial charge in [-0.1, -0.05) is 0 Å². The summed E-state index contributed by atoms with van der Waals surface area (Å²) in [5.41, 5.74) is 0. The van der Waals surface area contributed by atoms with Crippen LogP contribution < -0.4 is 9.64 Å². The van der Waals surface area contributed by atoms with E-state index in [1.54, 1.807) is 14.2 Å². The number of anilines is 1. The lowest BCUT2D eigenvalue weighted by atomic mass is 10.5. The van der Waals surface area contributed by atoms with Crippen molar-refractivity contribution in [3.8, 4) is 6.01 Å². The maximum Gasteiger partial charge on any atom is 0.322 e. The summed E-state index contributed by atoms with van der Waals surface area (Å²) in [6.45, 7) is 2.36. The van der Waals surface area contributed by atoms with Crippen molar-refractivity contribution in [3.63, 3.8) is 0 Å². The molecule has 0 amide bonds. The van der Waals surface area contributed by atoms with Gasteiger partial charge < -0.3 is 19.1 Å². The maximum atomic E-state index is 5.81. The van der Waals surface area contributed by atoms with Gasteiger partial charge in [0.2, 0.25) is 11.2 Å². The molecule has 0 bridgehead atoms. The second-order valence-corrected chi connectivity index (χ2v) is 3.70. The van der Waals surface area contributed by atoms with Crippen LogP contribution >= 0.6 is 11.6 Å². The van der Waals surface area contributed by atoms with Crippen LogP contribution in [0.5, 0.6) is 6.01 Å². The molecular formula is C10H17ClN4O3. The monoisotopic (exact) mass is 276 g/mol. The topological polar surface area (TPSA) is 69.6 Å². The van der Waals surface area contributed by atoms with Crippen LogP contribution in [0, 0.1) is 0 Å². The molecule has 0 N–H and O–H groups in total. The molecule has 0 aromatic carbocycles. The second kappa shape index (κ2) is 8.02. The van der Waals surface area contributed by atoms with Gasteiger partial charge in [0.25, 0.3) is 0 Å². The van der Waals surface area contributed by atoms with Crippen LogP contribution in [0.3, 0.4) is 0 Å². The fourth-order valence-corrected chi connectivity index (χ4v) is 1.42. The lowest BCUT2D eigenvalue weighted by molar-refractivity contribution is 0.189. The first-order chi connectivity index (χ1) is 8.71. The third-order valence-corrected chi connectivity index (χ3v) is 2.34. The van der Waals surface area contributed by atoms with Crippen molar-refractivity contribution in [2.24, 2.45) is 0 Å². The summed E-state index contributed by atoms with van der Waals surface area (Å²) in [7, 11) is 4.75. The molecule has 1 rings (SSSR count). The predicted octanol–water partition coefficient (Wildman–Crippen LogP) is 0.633. The summed E-state index contributed by atoms with van der Waals surface area (Å²) < 4.78 is 15.0. The number of aromatic nitrogens is 3. The Morgan fingerprint density at radius 1 is 1.00 bits per heavy atom. The zero-order valence-corrected chi connectivity index (χ0v) is 11.5. The fourth-order valence-electron chi connectivity index (χ4n) is 1.27. The molecule has 0 aliphatic rings. The molecule has 0 aliphatic carbocycles. The van der Waals surface area contributed by atoms with Crippen LogP contribution in [0.2, 0.25) is 5.28 Å². The zero-order chi connectivity index (χ0) is 13.4. The second-order valence-electron chi connectivity index (χ2n) is 3.36. The summed E-state index contributed by atoms with van der Waals surface area (Å²) in [5.74, 6) is 0.445. The largest absolute Gasteiger partial charge is 0.467 e. The Morgan fingerprint density at radius 2 is 1.61 bits per heavy atom. The Bertz CT molecular complexity index is 359. The van der Waals surface area contributed by atoms with E-state index in [1.807, 2.05) is 4.90 Å². The Morgan fingerprint density at radius 3 is 2.11 bits per heavy atom. The molecule has 0 saturated heterocycles. The number of halogens is 1. The lowest BCUT2D eigenvalue weighted by Crippen LogP contribution is -2.32. The summed E-state index contributed by atoms with van der Waals surface area (Å²) in [6.07, 6.45) is 0. The number of hydrogen-bond donors (Lipinski definition) is 0. The number of hydrogen-bond acceptors (Lipinski definition) is 7. The Labute approximate surface area is 111 Å². The van der Waals surface area contributed by atoms with E-state index in [4.69, 9.17) is 25.8 Å².